The number of ether oxygens (including phenoxy) is 1. The summed E-state index contributed by atoms with van der Waals surface area (Å²) in [5, 5.41) is 14.4. The van der Waals surface area contributed by atoms with Gasteiger partial charge in [-0.15, -0.1) is 10.2 Å². The number of amides is 1. The van der Waals surface area contributed by atoms with Crippen molar-refractivity contribution in [3.63, 3.8) is 0 Å². The Morgan fingerprint density at radius 3 is 2.71 bits per heavy atom. The van der Waals surface area contributed by atoms with E-state index < -0.39 is 17.9 Å². The third kappa shape index (κ3) is 3.62. The second-order valence-corrected chi connectivity index (χ2v) is 4.27. The van der Waals surface area contributed by atoms with Crippen LogP contribution in [0, 0.1) is 0 Å². The first-order chi connectivity index (χ1) is 10.1. The molecule has 1 unspecified atom stereocenters. The van der Waals surface area contributed by atoms with Gasteiger partial charge in [-0.2, -0.15) is 4.80 Å². The number of tetrazole rings is 1. The second kappa shape index (κ2) is 6.60. The molecule has 0 radical (unpaired) electrons. The third-order valence-corrected chi connectivity index (χ3v) is 2.82. The molecule has 8 nitrogen and oxygen atoms in total. The smallest absolute Gasteiger partial charge is 0.325 e. The minimum absolute atomic E-state index is 0.195. The first kappa shape index (κ1) is 14.6. The van der Waals surface area contributed by atoms with Crippen molar-refractivity contribution in [3.8, 4) is 11.4 Å². The van der Waals surface area contributed by atoms with Crippen LogP contribution in [0.2, 0.25) is 0 Å². The van der Waals surface area contributed by atoms with Gasteiger partial charge in [-0.3, -0.25) is 9.59 Å². The van der Waals surface area contributed by atoms with Gasteiger partial charge in [-0.1, -0.05) is 30.3 Å². The van der Waals surface area contributed by atoms with Crippen LogP contribution in [0.25, 0.3) is 11.4 Å². The molecule has 0 bridgehead atoms. The monoisotopic (exact) mass is 289 g/mol. The van der Waals surface area contributed by atoms with Crippen LogP contribution in [-0.2, 0) is 14.3 Å². The topological polar surface area (TPSA) is 99.0 Å². The molecule has 1 aromatic carbocycles. The molecule has 8 heteroatoms. The first-order valence-electron chi connectivity index (χ1n) is 6.31. The molecule has 0 spiro atoms. The number of carbonyl (C=O) groups is 2. The maximum absolute atomic E-state index is 11.9. The normalized spacial score (nSPS) is 11.7. The molecule has 1 aromatic heterocycles. The van der Waals surface area contributed by atoms with Gasteiger partial charge in [0.2, 0.25) is 11.7 Å². The van der Waals surface area contributed by atoms with E-state index in [1.807, 2.05) is 30.3 Å². The number of nitrogens with one attached hydrogen (secondary N) is 1. The minimum Gasteiger partial charge on any atom is -0.468 e. The van der Waals surface area contributed by atoms with Gasteiger partial charge < -0.3 is 10.1 Å². The van der Waals surface area contributed by atoms with Crippen molar-refractivity contribution in [3.05, 3.63) is 30.3 Å². The predicted octanol–water partition coefficient (Wildman–Crippen LogP) is 0.190. The molecule has 1 amide bonds. The van der Waals surface area contributed by atoms with Gasteiger partial charge in [0.15, 0.2) is 0 Å². The number of hydrogen-bond donors (Lipinski definition) is 1. The number of hydrogen-bond acceptors (Lipinski definition) is 6. The number of esters is 1. The van der Waals surface area contributed by atoms with Crippen LogP contribution in [0.3, 0.4) is 0 Å². The Balaban J connectivity index is 2.03. The zero-order valence-electron chi connectivity index (χ0n) is 11.7. The first-order valence-corrected chi connectivity index (χ1v) is 6.31. The molecule has 1 atom stereocenters. The maximum atomic E-state index is 11.9. The van der Waals surface area contributed by atoms with E-state index in [-0.39, 0.29) is 6.54 Å². The summed E-state index contributed by atoms with van der Waals surface area (Å²) in [4.78, 5) is 24.0. The lowest BCUT2D eigenvalue weighted by atomic mass is 10.2. The maximum Gasteiger partial charge on any atom is 0.325 e. The molecular formula is C13H15N5O3. The fourth-order valence-electron chi connectivity index (χ4n) is 1.58. The van der Waals surface area contributed by atoms with Crippen molar-refractivity contribution in [1.82, 2.24) is 25.5 Å². The fraction of sp³-hybridized carbons (Fsp3) is 0.308. The van der Waals surface area contributed by atoms with E-state index in [1.165, 1.54) is 11.9 Å². The predicted molar refractivity (Wildman–Crippen MR) is 73.0 cm³/mol. The zero-order chi connectivity index (χ0) is 15.2. The molecule has 0 saturated heterocycles. The minimum atomic E-state index is -0.681. The number of methoxy groups -OCH3 is 1. The van der Waals surface area contributed by atoms with E-state index in [4.69, 9.17) is 0 Å². The van der Waals surface area contributed by atoms with Gasteiger partial charge in [0, 0.05) is 5.56 Å². The van der Waals surface area contributed by atoms with Crippen LogP contribution in [0.1, 0.15) is 13.0 Å². The van der Waals surface area contributed by atoms with Crippen molar-refractivity contribution in [2.75, 3.05) is 13.7 Å². The van der Waals surface area contributed by atoms with Gasteiger partial charge in [-0.25, -0.2) is 0 Å². The van der Waals surface area contributed by atoms with E-state index in [0.29, 0.717) is 5.82 Å². The Hall–Kier alpha value is -2.77. The number of nitrogens with zero attached hydrogens (tertiary/aromatic N) is 4. The highest BCUT2D eigenvalue weighted by Gasteiger charge is 2.19. The number of rotatable bonds is 5. The summed E-state index contributed by atoms with van der Waals surface area (Å²) in [5.74, 6) is -0.479. The molecule has 1 heterocycles. The van der Waals surface area contributed by atoms with E-state index in [1.54, 1.807) is 6.92 Å². The molecule has 0 aliphatic carbocycles. The van der Waals surface area contributed by atoms with E-state index in [9.17, 15) is 9.59 Å². The Kier molecular flexibility index (Phi) is 4.60. The van der Waals surface area contributed by atoms with Crippen LogP contribution in [-0.4, -0.2) is 45.7 Å². The van der Waals surface area contributed by atoms with Crippen LogP contribution in [0.5, 0.6) is 0 Å². The highest BCUT2D eigenvalue weighted by Crippen LogP contribution is 2.13. The van der Waals surface area contributed by atoms with Crippen LogP contribution in [0.15, 0.2) is 30.3 Å². The van der Waals surface area contributed by atoms with Crippen LogP contribution >= 0.6 is 0 Å². The van der Waals surface area contributed by atoms with Crippen molar-refractivity contribution < 1.29 is 14.3 Å². The molecule has 1 N–H and O–H groups in total. The number of aromatic nitrogens is 4. The summed E-state index contributed by atoms with van der Waals surface area (Å²) < 4.78 is 4.44. The number of benzene rings is 1. The molecule has 0 fully saturated rings. The largest absolute Gasteiger partial charge is 0.468 e. The molecular weight excluding hydrogens is 274 g/mol. The zero-order valence-corrected chi connectivity index (χ0v) is 11.7. The quantitative estimate of drug-likeness (QED) is 0.789. The van der Waals surface area contributed by atoms with Gasteiger partial charge in [-0.05, 0) is 12.1 Å². The number of carbonyl (C=O) groups excluding carboxylic acids is 2. The van der Waals surface area contributed by atoms with Gasteiger partial charge in [0.1, 0.15) is 12.6 Å². The lowest BCUT2D eigenvalue weighted by Crippen LogP contribution is -2.35. The lowest BCUT2D eigenvalue weighted by molar-refractivity contribution is -0.141. The Morgan fingerprint density at radius 2 is 2.05 bits per heavy atom. The highest BCUT2D eigenvalue weighted by molar-refractivity contribution is 5.84. The van der Waals surface area contributed by atoms with Gasteiger partial charge in [0.25, 0.3) is 0 Å². The van der Waals surface area contributed by atoms with Gasteiger partial charge in [0.05, 0.1) is 7.11 Å². The summed E-state index contributed by atoms with van der Waals surface area (Å²) in [6, 6.07) is 8.63. The van der Waals surface area contributed by atoms with Gasteiger partial charge >= 0.3 is 5.97 Å². The van der Waals surface area contributed by atoms with Crippen LogP contribution < -0.4 is 5.32 Å². The van der Waals surface area contributed by atoms with Crippen molar-refractivity contribution in [2.45, 2.75) is 13.0 Å². The summed E-state index contributed by atoms with van der Waals surface area (Å²) in [6.07, 6.45) is 0. The second-order valence-electron chi connectivity index (χ2n) is 4.27. The molecule has 0 aliphatic rings. The highest BCUT2D eigenvalue weighted by atomic mass is 16.5. The molecule has 0 saturated carbocycles. The SMILES string of the molecule is COC(=O)CNC(=O)C(C)n1nnc(-c2ccccc2)n1. The summed E-state index contributed by atoms with van der Waals surface area (Å²) in [6.45, 7) is 1.42. The Morgan fingerprint density at radius 1 is 1.33 bits per heavy atom. The third-order valence-electron chi connectivity index (χ3n) is 2.82. The molecule has 110 valence electrons. The average molecular weight is 289 g/mol. The Labute approximate surface area is 121 Å². The standard InChI is InChI=1S/C13H15N5O3/c1-9(13(20)14-8-11(19)21-2)18-16-12(15-17-18)10-6-4-3-5-7-10/h3-7,9H,8H2,1-2H3,(H,14,20). The fourth-order valence-corrected chi connectivity index (χ4v) is 1.58. The van der Waals surface area contributed by atoms with E-state index in [0.717, 1.165) is 5.56 Å². The lowest BCUT2D eigenvalue weighted by Gasteiger charge is -2.09. The summed E-state index contributed by atoms with van der Waals surface area (Å²) in [5.41, 5.74) is 0.811. The van der Waals surface area contributed by atoms with Crippen molar-refractivity contribution >= 4 is 11.9 Å². The van der Waals surface area contributed by atoms with E-state index in [2.05, 4.69) is 25.5 Å². The van der Waals surface area contributed by atoms with Crippen LogP contribution in [0.4, 0.5) is 0 Å². The Bertz CT molecular complexity index is 626. The summed E-state index contributed by atoms with van der Waals surface area (Å²) in [7, 11) is 1.25. The molecule has 2 rings (SSSR count). The van der Waals surface area contributed by atoms with Crippen molar-refractivity contribution in [2.24, 2.45) is 0 Å². The van der Waals surface area contributed by atoms with E-state index >= 15 is 0 Å². The van der Waals surface area contributed by atoms with Crippen molar-refractivity contribution in [1.29, 1.82) is 0 Å². The molecule has 0 aliphatic heterocycles. The molecule has 2 aromatic rings. The summed E-state index contributed by atoms with van der Waals surface area (Å²) >= 11 is 0. The molecule has 21 heavy (non-hydrogen) atoms. The average Bonchev–Trinajstić information content (AvgIpc) is 3.02.